The Hall–Kier alpha value is -2.03. The van der Waals surface area contributed by atoms with E-state index in [1.54, 1.807) is 0 Å². The van der Waals surface area contributed by atoms with Crippen LogP contribution in [-0.4, -0.2) is 15.2 Å². The Bertz CT molecular complexity index is 642. The molecule has 0 aromatic carbocycles. The Morgan fingerprint density at radius 3 is 3.12 bits per heavy atom. The summed E-state index contributed by atoms with van der Waals surface area (Å²) in [7, 11) is 0. The minimum atomic E-state index is 0.935. The summed E-state index contributed by atoms with van der Waals surface area (Å²) in [5.74, 6) is 0. The smallest absolute Gasteiger partial charge is 0.0673 e. The fraction of sp³-hybridized carbons (Fsp3) is 0.154. The lowest BCUT2D eigenvalue weighted by molar-refractivity contribution is 1.03. The molecule has 0 fully saturated rings. The number of aromatic amines is 2. The highest BCUT2D eigenvalue weighted by atomic mass is 15.1. The van der Waals surface area contributed by atoms with Gasteiger partial charge in [0, 0.05) is 17.1 Å². The van der Waals surface area contributed by atoms with Gasteiger partial charge in [0.2, 0.25) is 0 Å². The van der Waals surface area contributed by atoms with Gasteiger partial charge in [0.15, 0.2) is 0 Å². The first-order valence-electron chi connectivity index (χ1n) is 5.41. The molecule has 2 N–H and O–H groups in total. The Morgan fingerprint density at radius 2 is 2.31 bits per heavy atom. The zero-order valence-electron chi connectivity index (χ0n) is 9.12. The van der Waals surface area contributed by atoms with Crippen LogP contribution < -0.4 is 10.6 Å². The largest absolute Gasteiger partial charge is 0.361 e. The molecule has 0 aliphatic heterocycles. The van der Waals surface area contributed by atoms with E-state index in [-0.39, 0.29) is 0 Å². The average Bonchev–Trinajstić information content (AvgIpc) is 2.87. The molecule has 3 nitrogen and oxygen atoms in total. The van der Waals surface area contributed by atoms with Crippen LogP contribution in [0.25, 0.3) is 11.6 Å². The molecule has 0 unspecified atom stereocenters. The molecule has 0 radical (unpaired) electrons. The van der Waals surface area contributed by atoms with Crippen molar-refractivity contribution >= 4 is 11.6 Å². The summed E-state index contributed by atoms with van der Waals surface area (Å²) in [6.45, 7) is 2.04. The van der Waals surface area contributed by atoms with Gasteiger partial charge in [0.1, 0.15) is 0 Å². The molecule has 1 aliphatic rings. The lowest BCUT2D eigenvalue weighted by Gasteiger charge is -2.00. The third-order valence-electron chi connectivity index (χ3n) is 2.92. The Balaban J connectivity index is 2.42. The van der Waals surface area contributed by atoms with Crippen LogP contribution in [0.1, 0.15) is 17.8 Å². The normalized spacial score (nSPS) is 14.4. The molecule has 0 amide bonds. The van der Waals surface area contributed by atoms with Crippen LogP contribution in [0.3, 0.4) is 0 Å². The van der Waals surface area contributed by atoms with E-state index < -0.39 is 0 Å². The van der Waals surface area contributed by atoms with Crippen molar-refractivity contribution in [2.75, 3.05) is 0 Å². The zero-order chi connectivity index (χ0) is 11.0. The number of hydrogen-bond donors (Lipinski definition) is 2. The molecule has 16 heavy (non-hydrogen) atoms. The molecule has 0 atom stereocenters. The molecule has 1 aliphatic carbocycles. The molecule has 0 saturated carbocycles. The molecular weight excluding hydrogens is 198 g/mol. The number of allylic oxidation sites excluding steroid dienone is 2. The molecule has 80 valence electrons. The summed E-state index contributed by atoms with van der Waals surface area (Å²) in [4.78, 5) is 3.27. The van der Waals surface area contributed by atoms with Gasteiger partial charge in [-0.25, -0.2) is 0 Å². The monoisotopic (exact) mass is 211 g/mol. The first kappa shape index (κ1) is 9.21. The van der Waals surface area contributed by atoms with Crippen LogP contribution in [0.5, 0.6) is 0 Å². The van der Waals surface area contributed by atoms with Crippen LogP contribution in [0, 0.1) is 6.92 Å². The summed E-state index contributed by atoms with van der Waals surface area (Å²) in [6.07, 6.45) is 9.21. The van der Waals surface area contributed by atoms with Gasteiger partial charge >= 0.3 is 0 Å². The highest BCUT2D eigenvalue weighted by molar-refractivity contribution is 5.66. The quantitative estimate of drug-likeness (QED) is 0.725. The number of nitrogens with zero attached hydrogens (tertiary/aromatic N) is 1. The number of rotatable bonds is 1. The van der Waals surface area contributed by atoms with Crippen LogP contribution >= 0.6 is 0 Å². The molecule has 3 heteroatoms. The lowest BCUT2D eigenvalue weighted by Crippen LogP contribution is -2.26. The number of H-pyrrole nitrogens is 2. The van der Waals surface area contributed by atoms with Crippen molar-refractivity contribution in [2.45, 2.75) is 13.3 Å². The molecule has 2 aromatic rings. The third-order valence-corrected chi connectivity index (χ3v) is 2.92. The van der Waals surface area contributed by atoms with Gasteiger partial charge < -0.3 is 4.98 Å². The van der Waals surface area contributed by atoms with Crippen molar-refractivity contribution in [2.24, 2.45) is 0 Å². The number of nitrogens with one attached hydrogen (secondary N) is 2. The standard InChI is InChI=1S/C13H13N3/c1-9-13-10(11-7-4-8-14-11)5-2-3-6-12(13)16-15-9/h2-4,6-8,14,16H,5H2,1H3. The van der Waals surface area contributed by atoms with Gasteiger partial charge in [-0.15, -0.1) is 0 Å². The first-order chi connectivity index (χ1) is 7.86. The van der Waals surface area contributed by atoms with E-state index in [9.17, 15) is 0 Å². The highest BCUT2D eigenvalue weighted by Crippen LogP contribution is 2.14. The number of hydrogen-bond acceptors (Lipinski definition) is 1. The molecule has 0 saturated heterocycles. The molecule has 2 aromatic heterocycles. The maximum Gasteiger partial charge on any atom is 0.0673 e. The Labute approximate surface area is 93.2 Å². The fourth-order valence-electron chi connectivity index (χ4n) is 2.17. The van der Waals surface area contributed by atoms with E-state index in [4.69, 9.17) is 0 Å². The van der Waals surface area contributed by atoms with Gasteiger partial charge in [0.05, 0.1) is 11.0 Å². The van der Waals surface area contributed by atoms with E-state index in [1.165, 1.54) is 16.5 Å². The summed E-state index contributed by atoms with van der Waals surface area (Å²) in [6, 6.07) is 4.13. The molecule has 0 bridgehead atoms. The minimum Gasteiger partial charge on any atom is -0.361 e. The minimum absolute atomic E-state index is 0.935. The third kappa shape index (κ3) is 1.33. The van der Waals surface area contributed by atoms with Gasteiger partial charge in [-0.2, -0.15) is 5.10 Å². The van der Waals surface area contributed by atoms with Crippen LogP contribution in [-0.2, 0) is 0 Å². The summed E-state index contributed by atoms with van der Waals surface area (Å²) < 4.78 is 0. The number of aromatic nitrogens is 3. The van der Waals surface area contributed by atoms with E-state index in [2.05, 4.69) is 39.5 Å². The summed E-state index contributed by atoms with van der Waals surface area (Å²) in [5, 5.41) is 9.66. The van der Waals surface area contributed by atoms with Gasteiger partial charge in [-0.05, 0) is 37.1 Å². The first-order valence-corrected chi connectivity index (χ1v) is 5.41. The van der Waals surface area contributed by atoms with Crippen LogP contribution in [0.4, 0.5) is 0 Å². The van der Waals surface area contributed by atoms with E-state index >= 15 is 0 Å². The molecular formula is C13H13N3. The second-order valence-corrected chi connectivity index (χ2v) is 3.96. The topological polar surface area (TPSA) is 44.5 Å². The van der Waals surface area contributed by atoms with Crippen molar-refractivity contribution in [1.29, 1.82) is 0 Å². The predicted octanol–water partition coefficient (Wildman–Crippen LogP) is 0.986. The molecule has 3 rings (SSSR count). The molecule has 2 heterocycles. The second kappa shape index (κ2) is 3.52. The average molecular weight is 211 g/mol. The van der Waals surface area contributed by atoms with Crippen LogP contribution in [0.2, 0.25) is 0 Å². The SMILES string of the molecule is Cc1n[nH]c2c1=C(c1ccc[nH]1)CC=CC=2. The van der Waals surface area contributed by atoms with Crippen molar-refractivity contribution < 1.29 is 0 Å². The van der Waals surface area contributed by atoms with Crippen molar-refractivity contribution in [1.82, 2.24) is 15.2 Å². The van der Waals surface area contributed by atoms with Crippen LogP contribution in [0.15, 0.2) is 30.5 Å². The summed E-state index contributed by atoms with van der Waals surface area (Å²) >= 11 is 0. The van der Waals surface area contributed by atoms with Crippen molar-refractivity contribution in [3.63, 3.8) is 0 Å². The van der Waals surface area contributed by atoms with Gasteiger partial charge in [-0.3, -0.25) is 5.10 Å². The Morgan fingerprint density at radius 1 is 1.38 bits per heavy atom. The number of fused-ring (bicyclic) bond motifs is 1. The fourth-order valence-corrected chi connectivity index (χ4v) is 2.17. The maximum atomic E-state index is 4.28. The van der Waals surface area contributed by atoms with Crippen molar-refractivity contribution in [3.8, 4) is 0 Å². The highest BCUT2D eigenvalue weighted by Gasteiger charge is 2.08. The predicted molar refractivity (Wildman–Crippen MR) is 64.1 cm³/mol. The maximum absolute atomic E-state index is 4.28. The second-order valence-electron chi connectivity index (χ2n) is 3.96. The Kier molecular flexibility index (Phi) is 2.03. The van der Waals surface area contributed by atoms with Crippen molar-refractivity contribution in [3.05, 3.63) is 52.4 Å². The van der Waals surface area contributed by atoms with Gasteiger partial charge in [-0.1, -0.05) is 12.2 Å². The summed E-state index contributed by atoms with van der Waals surface area (Å²) in [5.41, 5.74) is 3.53. The van der Waals surface area contributed by atoms with Gasteiger partial charge in [0.25, 0.3) is 0 Å². The van der Waals surface area contributed by atoms with E-state index in [0.717, 1.165) is 17.5 Å². The van der Waals surface area contributed by atoms with E-state index in [1.807, 2.05) is 19.2 Å². The molecule has 0 spiro atoms. The lowest BCUT2D eigenvalue weighted by atomic mass is 10.1. The zero-order valence-corrected chi connectivity index (χ0v) is 9.12. The number of aryl methyl sites for hydroxylation is 1. The van der Waals surface area contributed by atoms with E-state index in [0.29, 0.717) is 0 Å².